The quantitative estimate of drug-likeness (QED) is 0.379. The summed E-state index contributed by atoms with van der Waals surface area (Å²) < 4.78 is 19.0. The number of nitrogens with zero attached hydrogens (tertiary/aromatic N) is 1. The van der Waals surface area contributed by atoms with E-state index in [1.54, 1.807) is 36.5 Å². The van der Waals surface area contributed by atoms with Crippen LogP contribution in [0.25, 0.3) is 0 Å². The molecule has 2 atom stereocenters. The van der Waals surface area contributed by atoms with E-state index in [9.17, 15) is 18.8 Å². The minimum atomic E-state index is -1.08. The molecule has 0 radical (unpaired) electrons. The zero-order valence-corrected chi connectivity index (χ0v) is 20.3. The highest BCUT2D eigenvalue weighted by molar-refractivity contribution is 6.38. The second kappa shape index (κ2) is 13.3. The maximum atomic E-state index is 13.2. The van der Waals surface area contributed by atoms with Gasteiger partial charge in [-0.15, -0.1) is 0 Å². The molecule has 0 spiro atoms. The van der Waals surface area contributed by atoms with Gasteiger partial charge in [-0.3, -0.25) is 19.4 Å². The van der Waals surface area contributed by atoms with E-state index < -0.39 is 29.7 Å². The van der Waals surface area contributed by atoms with Crippen LogP contribution < -0.4 is 10.6 Å². The van der Waals surface area contributed by atoms with Crippen molar-refractivity contribution in [1.29, 1.82) is 0 Å². The minimum absolute atomic E-state index is 0.0901. The lowest BCUT2D eigenvalue weighted by Crippen LogP contribution is -2.52. The number of hydrogen-bond donors (Lipinski definition) is 2. The summed E-state index contributed by atoms with van der Waals surface area (Å²) >= 11 is 0. The first-order valence-electron chi connectivity index (χ1n) is 11.8. The van der Waals surface area contributed by atoms with Gasteiger partial charge in [0.25, 0.3) is 5.91 Å². The number of aromatic nitrogens is 1. The SMILES string of the molecule is CC(C)[C@@H](OCc1ccc(F)cc1)C(=O)N[C@H](Cc1ccccc1)C(=O)C(=O)NCc1ccccn1. The van der Waals surface area contributed by atoms with E-state index in [1.165, 1.54) is 12.1 Å². The summed E-state index contributed by atoms with van der Waals surface area (Å²) in [6.07, 6.45) is 0.864. The van der Waals surface area contributed by atoms with Crippen molar-refractivity contribution in [2.24, 2.45) is 5.92 Å². The van der Waals surface area contributed by atoms with Crippen molar-refractivity contribution in [1.82, 2.24) is 15.6 Å². The lowest BCUT2D eigenvalue weighted by Gasteiger charge is -2.24. The zero-order valence-electron chi connectivity index (χ0n) is 20.3. The molecule has 8 heteroatoms. The minimum Gasteiger partial charge on any atom is -0.363 e. The van der Waals surface area contributed by atoms with Crippen LogP contribution in [-0.4, -0.2) is 34.7 Å². The lowest BCUT2D eigenvalue weighted by molar-refractivity contribution is -0.143. The van der Waals surface area contributed by atoms with Crippen molar-refractivity contribution < 1.29 is 23.5 Å². The van der Waals surface area contributed by atoms with Gasteiger partial charge in [-0.1, -0.05) is 62.4 Å². The molecule has 2 N–H and O–H groups in total. The molecular formula is C28H30FN3O4. The summed E-state index contributed by atoms with van der Waals surface area (Å²) in [5.41, 5.74) is 2.11. The molecule has 3 rings (SSSR count). The number of Topliss-reactive ketones (excluding diaryl/α,β-unsaturated/α-hetero) is 1. The van der Waals surface area contributed by atoms with Gasteiger partial charge in [-0.25, -0.2) is 4.39 Å². The normalized spacial score (nSPS) is 12.6. The molecular weight excluding hydrogens is 461 g/mol. The molecule has 0 aliphatic rings. The number of pyridine rings is 1. The largest absolute Gasteiger partial charge is 0.363 e. The monoisotopic (exact) mass is 491 g/mol. The first-order valence-corrected chi connectivity index (χ1v) is 11.8. The number of carbonyl (C=O) groups is 3. The number of ketones is 1. The Morgan fingerprint density at radius 3 is 2.25 bits per heavy atom. The first kappa shape index (κ1) is 26.7. The Balaban J connectivity index is 1.70. The average molecular weight is 492 g/mol. The molecule has 1 aromatic heterocycles. The van der Waals surface area contributed by atoms with Gasteiger partial charge in [0.15, 0.2) is 0 Å². The summed E-state index contributed by atoms with van der Waals surface area (Å²) in [4.78, 5) is 43.1. The molecule has 2 amide bonds. The number of amides is 2. The number of ether oxygens (including phenoxy) is 1. The second-order valence-electron chi connectivity index (χ2n) is 8.72. The Morgan fingerprint density at radius 1 is 0.917 bits per heavy atom. The molecule has 0 saturated heterocycles. The number of hydrogen-bond acceptors (Lipinski definition) is 5. The van der Waals surface area contributed by atoms with Crippen molar-refractivity contribution in [2.75, 3.05) is 0 Å². The van der Waals surface area contributed by atoms with Gasteiger partial charge < -0.3 is 15.4 Å². The highest BCUT2D eigenvalue weighted by Crippen LogP contribution is 2.13. The van der Waals surface area contributed by atoms with Gasteiger partial charge in [0, 0.05) is 12.6 Å². The van der Waals surface area contributed by atoms with Crippen LogP contribution in [0.4, 0.5) is 4.39 Å². The molecule has 0 aliphatic heterocycles. The summed E-state index contributed by atoms with van der Waals surface area (Å²) in [6.45, 7) is 3.83. The molecule has 1 heterocycles. The van der Waals surface area contributed by atoms with Crippen molar-refractivity contribution in [2.45, 2.75) is 45.6 Å². The van der Waals surface area contributed by atoms with Crippen LogP contribution >= 0.6 is 0 Å². The molecule has 188 valence electrons. The standard InChI is InChI=1S/C28H30FN3O4/c1-19(2)26(36-18-21-11-13-22(29)14-12-21)28(35)32-24(16-20-8-4-3-5-9-20)25(33)27(34)31-17-23-10-6-7-15-30-23/h3-15,19,24,26H,16-18H2,1-2H3,(H,31,34)(H,32,35)/t24-,26-/m1/s1. The van der Waals surface area contributed by atoms with Gasteiger partial charge in [0.05, 0.1) is 18.8 Å². The molecule has 36 heavy (non-hydrogen) atoms. The highest BCUT2D eigenvalue weighted by atomic mass is 19.1. The Bertz CT molecular complexity index is 1140. The van der Waals surface area contributed by atoms with Crippen LogP contribution in [0.5, 0.6) is 0 Å². The third-order valence-corrected chi connectivity index (χ3v) is 5.50. The zero-order chi connectivity index (χ0) is 25.9. The molecule has 0 bridgehead atoms. The van der Waals surface area contributed by atoms with E-state index in [-0.39, 0.29) is 31.3 Å². The van der Waals surface area contributed by atoms with Gasteiger partial charge >= 0.3 is 0 Å². The van der Waals surface area contributed by atoms with E-state index in [0.717, 1.165) is 5.56 Å². The number of carbonyl (C=O) groups excluding carboxylic acids is 3. The predicted molar refractivity (Wildman–Crippen MR) is 133 cm³/mol. The van der Waals surface area contributed by atoms with Gasteiger partial charge in [0.2, 0.25) is 11.7 Å². The Kier molecular flexibility index (Phi) is 9.82. The molecule has 3 aromatic rings. The van der Waals surface area contributed by atoms with Crippen molar-refractivity contribution in [3.63, 3.8) is 0 Å². The highest BCUT2D eigenvalue weighted by Gasteiger charge is 2.31. The summed E-state index contributed by atoms with van der Waals surface area (Å²) in [5.74, 6) is -2.64. The van der Waals surface area contributed by atoms with E-state index >= 15 is 0 Å². The molecule has 2 aromatic carbocycles. The first-order chi connectivity index (χ1) is 17.3. The second-order valence-corrected chi connectivity index (χ2v) is 8.72. The fraction of sp³-hybridized carbons (Fsp3) is 0.286. The third-order valence-electron chi connectivity index (χ3n) is 5.50. The number of halogens is 1. The maximum absolute atomic E-state index is 13.2. The van der Waals surface area contributed by atoms with Crippen LogP contribution in [0.15, 0.2) is 79.0 Å². The fourth-order valence-electron chi connectivity index (χ4n) is 3.57. The van der Waals surface area contributed by atoms with Gasteiger partial charge in [-0.2, -0.15) is 0 Å². The molecule has 0 saturated carbocycles. The predicted octanol–water partition coefficient (Wildman–Crippen LogP) is 3.37. The van der Waals surface area contributed by atoms with E-state index in [2.05, 4.69) is 15.6 Å². The summed E-state index contributed by atoms with van der Waals surface area (Å²) in [5, 5.41) is 5.30. The van der Waals surface area contributed by atoms with Crippen LogP contribution in [0.1, 0.15) is 30.7 Å². The van der Waals surface area contributed by atoms with Crippen molar-refractivity contribution in [3.05, 3.63) is 102 Å². The van der Waals surface area contributed by atoms with Gasteiger partial charge in [0.1, 0.15) is 18.0 Å². The Morgan fingerprint density at radius 2 is 1.61 bits per heavy atom. The maximum Gasteiger partial charge on any atom is 0.289 e. The van der Waals surface area contributed by atoms with Crippen LogP contribution in [0.3, 0.4) is 0 Å². The van der Waals surface area contributed by atoms with Crippen molar-refractivity contribution >= 4 is 17.6 Å². The smallest absolute Gasteiger partial charge is 0.289 e. The summed E-state index contributed by atoms with van der Waals surface area (Å²) in [7, 11) is 0. The molecule has 0 unspecified atom stereocenters. The van der Waals surface area contributed by atoms with E-state index in [1.807, 2.05) is 44.2 Å². The third kappa shape index (κ3) is 8.09. The molecule has 0 fully saturated rings. The Hall–Kier alpha value is -3.91. The molecule has 7 nitrogen and oxygen atoms in total. The van der Waals surface area contributed by atoms with Crippen LogP contribution in [0.2, 0.25) is 0 Å². The number of nitrogens with one attached hydrogen (secondary N) is 2. The van der Waals surface area contributed by atoms with Crippen LogP contribution in [0, 0.1) is 11.7 Å². The van der Waals surface area contributed by atoms with E-state index in [0.29, 0.717) is 11.3 Å². The number of rotatable bonds is 12. The lowest BCUT2D eigenvalue weighted by atomic mass is 10.00. The van der Waals surface area contributed by atoms with E-state index in [4.69, 9.17) is 4.74 Å². The molecule has 0 aliphatic carbocycles. The van der Waals surface area contributed by atoms with Crippen LogP contribution in [-0.2, 0) is 38.7 Å². The number of benzene rings is 2. The fourth-order valence-corrected chi connectivity index (χ4v) is 3.57. The van der Waals surface area contributed by atoms with Crippen molar-refractivity contribution in [3.8, 4) is 0 Å². The van der Waals surface area contributed by atoms with Gasteiger partial charge in [-0.05, 0) is 41.3 Å². The topological polar surface area (TPSA) is 97.4 Å². The summed E-state index contributed by atoms with van der Waals surface area (Å²) in [6, 6.07) is 19.1. The average Bonchev–Trinajstić information content (AvgIpc) is 2.88. The Labute approximate surface area is 210 Å².